The molecule has 0 amide bonds. The van der Waals surface area contributed by atoms with E-state index in [1.165, 1.54) is 0 Å². The van der Waals surface area contributed by atoms with E-state index in [-0.39, 0.29) is 5.97 Å². The van der Waals surface area contributed by atoms with E-state index < -0.39 is 0 Å². The van der Waals surface area contributed by atoms with Crippen molar-refractivity contribution in [2.24, 2.45) is 0 Å². The molecule has 2 aromatic rings. The van der Waals surface area contributed by atoms with E-state index in [9.17, 15) is 4.79 Å². The Hall–Kier alpha value is -1.97. The molecule has 0 saturated heterocycles. The fourth-order valence-corrected chi connectivity index (χ4v) is 1.86. The van der Waals surface area contributed by atoms with Gasteiger partial charge in [-0.15, -0.1) is 0 Å². The minimum atomic E-state index is -0.382. The monoisotopic (exact) mass is 218 g/mol. The third kappa shape index (κ3) is 1.52. The molecule has 0 atom stereocenters. The highest BCUT2D eigenvalue weighted by Crippen LogP contribution is 2.27. The molecule has 0 unspecified atom stereocenters. The topological polar surface area (TPSA) is 68.1 Å². The summed E-state index contributed by atoms with van der Waals surface area (Å²) in [7, 11) is 0. The van der Waals surface area contributed by atoms with Crippen molar-refractivity contribution in [3.63, 3.8) is 0 Å². The van der Waals surface area contributed by atoms with Crippen molar-refractivity contribution >= 4 is 22.6 Å². The number of carbonyl (C=O) groups excluding carboxylic acids is 1. The molecule has 0 aliphatic rings. The van der Waals surface area contributed by atoms with Crippen molar-refractivity contribution in [3.05, 3.63) is 29.5 Å². The van der Waals surface area contributed by atoms with Crippen LogP contribution in [-0.4, -0.2) is 17.6 Å². The smallest absolute Gasteiger partial charge is 0.342 e. The molecule has 3 N–H and O–H groups in total. The molecule has 4 heteroatoms. The van der Waals surface area contributed by atoms with Crippen molar-refractivity contribution in [1.82, 2.24) is 4.98 Å². The minimum Gasteiger partial charge on any atom is -0.462 e. The summed E-state index contributed by atoms with van der Waals surface area (Å²) in [6.07, 6.45) is 1.79. The first-order valence-electron chi connectivity index (χ1n) is 5.18. The number of fused-ring (bicyclic) bond motifs is 1. The van der Waals surface area contributed by atoms with E-state index in [2.05, 4.69) is 4.98 Å². The number of nitrogen functional groups attached to an aromatic ring is 1. The van der Waals surface area contributed by atoms with Crippen LogP contribution in [-0.2, 0) is 4.74 Å². The van der Waals surface area contributed by atoms with Gasteiger partial charge in [-0.1, -0.05) is 0 Å². The zero-order chi connectivity index (χ0) is 11.7. The van der Waals surface area contributed by atoms with E-state index in [1.54, 1.807) is 19.2 Å². The van der Waals surface area contributed by atoms with E-state index in [0.29, 0.717) is 17.9 Å². The first-order valence-corrected chi connectivity index (χ1v) is 5.18. The second-order valence-electron chi connectivity index (χ2n) is 3.64. The second kappa shape index (κ2) is 3.89. The largest absolute Gasteiger partial charge is 0.462 e. The summed E-state index contributed by atoms with van der Waals surface area (Å²) in [6, 6.07) is 3.72. The molecule has 1 aromatic heterocycles. The maximum Gasteiger partial charge on any atom is 0.342 e. The number of ether oxygens (including phenoxy) is 1. The van der Waals surface area contributed by atoms with Gasteiger partial charge in [-0.2, -0.15) is 0 Å². The molecule has 1 aromatic carbocycles. The van der Waals surface area contributed by atoms with Gasteiger partial charge in [-0.25, -0.2) is 4.79 Å². The van der Waals surface area contributed by atoms with Crippen molar-refractivity contribution in [2.75, 3.05) is 12.3 Å². The summed E-state index contributed by atoms with van der Waals surface area (Å²) < 4.78 is 4.99. The number of carbonyl (C=O) groups is 1. The van der Waals surface area contributed by atoms with Crippen LogP contribution in [0.1, 0.15) is 22.8 Å². The summed E-state index contributed by atoms with van der Waals surface area (Å²) in [5.41, 5.74) is 8.52. The average molecular weight is 218 g/mol. The Balaban J connectivity index is 2.68. The van der Waals surface area contributed by atoms with Gasteiger partial charge < -0.3 is 15.5 Å². The zero-order valence-corrected chi connectivity index (χ0v) is 9.33. The summed E-state index contributed by atoms with van der Waals surface area (Å²) >= 11 is 0. The van der Waals surface area contributed by atoms with E-state index in [1.807, 2.05) is 13.0 Å². The minimum absolute atomic E-state index is 0.342. The maximum absolute atomic E-state index is 11.8. The summed E-state index contributed by atoms with van der Waals surface area (Å²) in [5.74, 6) is -0.382. The molecule has 0 fully saturated rings. The van der Waals surface area contributed by atoms with Gasteiger partial charge in [0.05, 0.1) is 12.1 Å². The van der Waals surface area contributed by atoms with Gasteiger partial charge in [0.2, 0.25) is 0 Å². The lowest BCUT2D eigenvalue weighted by Gasteiger charge is -2.08. The van der Waals surface area contributed by atoms with Crippen LogP contribution in [0.25, 0.3) is 10.9 Å². The van der Waals surface area contributed by atoms with E-state index in [4.69, 9.17) is 10.5 Å². The van der Waals surface area contributed by atoms with Crippen molar-refractivity contribution in [3.8, 4) is 0 Å². The average Bonchev–Trinajstić information content (AvgIpc) is 2.66. The molecule has 84 valence electrons. The number of anilines is 1. The molecule has 4 nitrogen and oxygen atoms in total. The number of hydrogen-bond donors (Lipinski definition) is 2. The molecular weight excluding hydrogens is 204 g/mol. The number of aryl methyl sites for hydroxylation is 1. The van der Waals surface area contributed by atoms with Gasteiger partial charge in [0.1, 0.15) is 5.56 Å². The lowest BCUT2D eigenvalue weighted by Crippen LogP contribution is -2.09. The highest BCUT2D eigenvalue weighted by atomic mass is 16.5. The number of nitrogens with one attached hydrogen (secondary N) is 1. The van der Waals surface area contributed by atoms with Gasteiger partial charge >= 0.3 is 5.97 Å². The Morgan fingerprint density at radius 3 is 3.00 bits per heavy atom. The molecule has 1 heterocycles. The lowest BCUT2D eigenvalue weighted by atomic mass is 10.0. The number of esters is 1. The zero-order valence-electron chi connectivity index (χ0n) is 9.33. The number of H-pyrrole nitrogens is 1. The van der Waals surface area contributed by atoms with Crippen LogP contribution < -0.4 is 5.73 Å². The van der Waals surface area contributed by atoms with Crippen molar-refractivity contribution in [1.29, 1.82) is 0 Å². The van der Waals surface area contributed by atoms with Crippen LogP contribution in [0.3, 0.4) is 0 Å². The van der Waals surface area contributed by atoms with Gasteiger partial charge in [-0.05, 0) is 31.5 Å². The van der Waals surface area contributed by atoms with E-state index >= 15 is 0 Å². The predicted molar refractivity (Wildman–Crippen MR) is 63.4 cm³/mol. The molecule has 0 radical (unpaired) electrons. The quantitative estimate of drug-likeness (QED) is 0.600. The molecule has 2 rings (SSSR count). The Bertz CT molecular complexity index is 543. The molecule has 0 spiro atoms. The predicted octanol–water partition coefficient (Wildman–Crippen LogP) is 2.24. The first-order chi connectivity index (χ1) is 7.65. The number of benzene rings is 1. The lowest BCUT2D eigenvalue weighted by molar-refractivity contribution is 0.0529. The highest BCUT2D eigenvalue weighted by molar-refractivity contribution is 6.08. The Morgan fingerprint density at radius 2 is 2.31 bits per heavy atom. The molecular formula is C12H14N2O2. The highest BCUT2D eigenvalue weighted by Gasteiger charge is 2.17. The molecule has 16 heavy (non-hydrogen) atoms. The summed E-state index contributed by atoms with van der Waals surface area (Å²) in [6.45, 7) is 4.07. The van der Waals surface area contributed by atoms with Gasteiger partial charge in [0, 0.05) is 17.3 Å². The fourth-order valence-electron chi connectivity index (χ4n) is 1.86. The standard InChI is InChI=1S/C12H14N2O2/c1-3-16-12(15)10-9(13)6-7(2)8-4-5-14-11(8)10/h4-6,14H,3,13H2,1-2H3. The SMILES string of the molecule is CCOC(=O)c1c(N)cc(C)c2cc[nH]c12. The van der Waals surface area contributed by atoms with Crippen LogP contribution >= 0.6 is 0 Å². The first kappa shape index (κ1) is 10.5. The summed E-state index contributed by atoms with van der Waals surface area (Å²) in [5, 5.41) is 0.997. The molecule has 0 bridgehead atoms. The van der Waals surface area contributed by atoms with Crippen LogP contribution in [0, 0.1) is 6.92 Å². The van der Waals surface area contributed by atoms with Crippen molar-refractivity contribution in [2.45, 2.75) is 13.8 Å². The number of aromatic amines is 1. The number of hydrogen-bond acceptors (Lipinski definition) is 3. The second-order valence-corrected chi connectivity index (χ2v) is 3.64. The number of nitrogens with two attached hydrogens (primary N) is 1. The fraction of sp³-hybridized carbons (Fsp3) is 0.250. The Kier molecular flexibility index (Phi) is 2.56. The van der Waals surface area contributed by atoms with Gasteiger partial charge in [0.25, 0.3) is 0 Å². The Morgan fingerprint density at radius 1 is 1.56 bits per heavy atom. The summed E-state index contributed by atoms with van der Waals surface area (Å²) in [4.78, 5) is 14.8. The van der Waals surface area contributed by atoms with E-state index in [0.717, 1.165) is 16.5 Å². The molecule has 0 saturated carbocycles. The molecule has 0 aliphatic carbocycles. The third-order valence-electron chi connectivity index (χ3n) is 2.56. The van der Waals surface area contributed by atoms with Crippen molar-refractivity contribution < 1.29 is 9.53 Å². The van der Waals surface area contributed by atoms with Crippen LogP contribution in [0.2, 0.25) is 0 Å². The third-order valence-corrected chi connectivity index (χ3v) is 2.56. The van der Waals surface area contributed by atoms with Gasteiger partial charge in [-0.3, -0.25) is 0 Å². The normalized spacial score (nSPS) is 10.6. The van der Waals surface area contributed by atoms with Crippen LogP contribution in [0.4, 0.5) is 5.69 Å². The number of aromatic nitrogens is 1. The van der Waals surface area contributed by atoms with Gasteiger partial charge in [0.15, 0.2) is 0 Å². The maximum atomic E-state index is 11.8. The Labute approximate surface area is 93.4 Å². The van der Waals surface area contributed by atoms with Crippen LogP contribution in [0.15, 0.2) is 18.3 Å². The number of rotatable bonds is 2. The van der Waals surface area contributed by atoms with Crippen LogP contribution in [0.5, 0.6) is 0 Å². The molecule has 0 aliphatic heterocycles.